The summed E-state index contributed by atoms with van der Waals surface area (Å²) in [5, 5.41) is 20.2. The van der Waals surface area contributed by atoms with Gasteiger partial charge >= 0.3 is 6.18 Å². The molecule has 6 nitrogen and oxygen atoms in total. The van der Waals surface area contributed by atoms with E-state index in [4.69, 9.17) is 0 Å². The van der Waals surface area contributed by atoms with Crippen LogP contribution in [0.5, 0.6) is 0 Å². The summed E-state index contributed by atoms with van der Waals surface area (Å²) in [5.41, 5.74) is 2.14. The van der Waals surface area contributed by atoms with Gasteiger partial charge in [0, 0.05) is 17.4 Å². The molecule has 2 N–H and O–H groups in total. The fraction of sp³-hybridized carbons (Fsp3) is 0.444. The molecule has 5 rings (SSSR count). The van der Waals surface area contributed by atoms with Gasteiger partial charge in [0.25, 0.3) is 5.91 Å². The number of aromatic nitrogens is 2. The van der Waals surface area contributed by atoms with Gasteiger partial charge in [0.15, 0.2) is 11.7 Å². The lowest BCUT2D eigenvalue weighted by molar-refractivity contribution is -0.173. The predicted octanol–water partition coefficient (Wildman–Crippen LogP) is 6.88. The molecule has 0 radical (unpaired) electrons. The summed E-state index contributed by atoms with van der Waals surface area (Å²) in [7, 11) is 0. The zero-order valence-electron chi connectivity index (χ0n) is 20.8. The zero-order valence-corrected chi connectivity index (χ0v) is 21.6. The maximum Gasteiger partial charge on any atom is 0.410 e. The molecule has 3 aromatic rings. The highest BCUT2D eigenvalue weighted by Gasteiger charge is 2.47. The van der Waals surface area contributed by atoms with Crippen molar-refractivity contribution in [1.29, 1.82) is 5.26 Å². The lowest BCUT2D eigenvalue weighted by atomic mass is 9.72. The van der Waals surface area contributed by atoms with Crippen molar-refractivity contribution < 1.29 is 18.0 Å². The summed E-state index contributed by atoms with van der Waals surface area (Å²) < 4.78 is 42.8. The molecule has 0 unspecified atom stereocenters. The summed E-state index contributed by atoms with van der Waals surface area (Å²) in [6, 6.07) is 10.0. The maximum atomic E-state index is 14.0. The first-order valence-electron chi connectivity index (χ1n) is 12.3. The van der Waals surface area contributed by atoms with Gasteiger partial charge in [0.05, 0.1) is 11.6 Å². The second-order valence-electron chi connectivity index (χ2n) is 10.8. The molecule has 0 spiro atoms. The SMILES string of the molecule is CC(C)(C)[C@@H]1CCc2c(sc(NC(=O)c3cc4n(n3)[C@H](C(F)(F)F)C[C@H](c3ccccc3)N4)c2C#N)C1. The molecule has 1 aliphatic heterocycles. The van der Waals surface area contributed by atoms with Gasteiger partial charge < -0.3 is 10.6 Å². The van der Waals surface area contributed by atoms with E-state index < -0.39 is 24.2 Å². The van der Waals surface area contributed by atoms with Crippen LogP contribution in [0.25, 0.3) is 0 Å². The predicted molar refractivity (Wildman–Crippen MR) is 137 cm³/mol. The number of anilines is 2. The highest BCUT2D eigenvalue weighted by molar-refractivity contribution is 7.16. The number of hydrogen-bond donors (Lipinski definition) is 2. The molecule has 10 heteroatoms. The Morgan fingerprint density at radius 2 is 1.97 bits per heavy atom. The molecule has 1 aliphatic carbocycles. The molecule has 0 bridgehead atoms. The number of carbonyl (C=O) groups excluding carboxylic acids is 1. The Balaban J connectivity index is 1.42. The average molecular weight is 528 g/mol. The van der Waals surface area contributed by atoms with Crippen LogP contribution in [0.2, 0.25) is 0 Å². The molecule has 2 aromatic heterocycles. The molecule has 37 heavy (non-hydrogen) atoms. The number of nitrogens with zero attached hydrogens (tertiary/aromatic N) is 3. The van der Waals surface area contributed by atoms with E-state index in [1.807, 2.05) is 0 Å². The first kappa shape index (κ1) is 25.3. The fourth-order valence-corrected chi connectivity index (χ4v) is 6.56. The van der Waals surface area contributed by atoms with E-state index >= 15 is 0 Å². The van der Waals surface area contributed by atoms with Gasteiger partial charge in [-0.3, -0.25) is 4.79 Å². The van der Waals surface area contributed by atoms with Gasteiger partial charge in [-0.15, -0.1) is 11.3 Å². The number of hydrogen-bond acceptors (Lipinski definition) is 5. The molecule has 0 saturated heterocycles. The van der Waals surface area contributed by atoms with Crippen LogP contribution in [0.1, 0.15) is 77.8 Å². The van der Waals surface area contributed by atoms with Crippen LogP contribution >= 0.6 is 11.3 Å². The fourth-order valence-electron chi connectivity index (χ4n) is 5.29. The molecular formula is C27H28F3N5OS. The van der Waals surface area contributed by atoms with Crippen molar-refractivity contribution in [1.82, 2.24) is 9.78 Å². The van der Waals surface area contributed by atoms with Gasteiger partial charge in [-0.1, -0.05) is 51.1 Å². The molecule has 194 valence electrons. The number of nitrogens with one attached hydrogen (secondary N) is 2. The summed E-state index contributed by atoms with van der Waals surface area (Å²) in [5.74, 6) is -0.0357. The molecular weight excluding hydrogens is 499 g/mol. The molecule has 1 aromatic carbocycles. The highest BCUT2D eigenvalue weighted by Crippen LogP contribution is 2.45. The van der Waals surface area contributed by atoms with Crippen molar-refractivity contribution in [2.24, 2.45) is 11.3 Å². The molecule has 0 fully saturated rings. The van der Waals surface area contributed by atoms with E-state index in [0.717, 1.165) is 39.9 Å². The minimum absolute atomic E-state index is 0.131. The number of alkyl halides is 3. The van der Waals surface area contributed by atoms with Crippen molar-refractivity contribution in [2.45, 2.75) is 64.7 Å². The number of amides is 1. The number of rotatable bonds is 3. The molecule has 3 atom stereocenters. The Kier molecular flexibility index (Phi) is 6.31. The lowest BCUT2D eigenvalue weighted by Crippen LogP contribution is -2.35. The molecule has 2 aliphatic rings. The van der Waals surface area contributed by atoms with Crippen LogP contribution in [0.3, 0.4) is 0 Å². The van der Waals surface area contributed by atoms with E-state index in [1.54, 1.807) is 30.3 Å². The highest BCUT2D eigenvalue weighted by atomic mass is 32.1. The minimum atomic E-state index is -4.53. The summed E-state index contributed by atoms with van der Waals surface area (Å²) >= 11 is 1.38. The normalized spacial score (nSPS) is 21.4. The van der Waals surface area contributed by atoms with Crippen LogP contribution in [-0.2, 0) is 12.8 Å². The van der Waals surface area contributed by atoms with Crippen LogP contribution in [-0.4, -0.2) is 21.9 Å². The number of nitriles is 1. The molecule has 0 saturated carbocycles. The molecule has 3 heterocycles. The van der Waals surface area contributed by atoms with Crippen LogP contribution < -0.4 is 10.6 Å². The number of thiophene rings is 1. The van der Waals surface area contributed by atoms with Gasteiger partial charge in [-0.05, 0) is 41.7 Å². The van der Waals surface area contributed by atoms with Crippen molar-refractivity contribution in [2.75, 3.05) is 10.6 Å². The first-order valence-corrected chi connectivity index (χ1v) is 13.1. The maximum absolute atomic E-state index is 14.0. The Hall–Kier alpha value is -3.32. The summed E-state index contributed by atoms with van der Waals surface area (Å²) in [6.45, 7) is 6.61. The Morgan fingerprint density at radius 1 is 1.24 bits per heavy atom. The minimum Gasteiger partial charge on any atom is -0.363 e. The Labute approximate surface area is 217 Å². The van der Waals surface area contributed by atoms with Gasteiger partial charge in [0.1, 0.15) is 16.9 Å². The van der Waals surface area contributed by atoms with Crippen molar-refractivity contribution in [3.8, 4) is 6.07 Å². The van der Waals surface area contributed by atoms with Gasteiger partial charge in [0.2, 0.25) is 0 Å². The summed E-state index contributed by atoms with van der Waals surface area (Å²) in [4.78, 5) is 14.2. The Bertz CT molecular complexity index is 1360. The smallest absolute Gasteiger partial charge is 0.363 e. The molecule has 1 amide bonds. The van der Waals surface area contributed by atoms with Crippen LogP contribution in [0.4, 0.5) is 24.0 Å². The second kappa shape index (κ2) is 9.21. The third-order valence-electron chi connectivity index (χ3n) is 7.45. The zero-order chi connectivity index (χ0) is 26.5. The number of carbonyl (C=O) groups is 1. The van der Waals surface area contributed by atoms with E-state index in [9.17, 15) is 23.2 Å². The number of benzene rings is 1. The lowest BCUT2D eigenvalue weighted by Gasteiger charge is -2.33. The van der Waals surface area contributed by atoms with E-state index in [1.165, 1.54) is 17.4 Å². The van der Waals surface area contributed by atoms with Crippen molar-refractivity contribution in [3.63, 3.8) is 0 Å². The van der Waals surface area contributed by atoms with Crippen LogP contribution in [0.15, 0.2) is 36.4 Å². The average Bonchev–Trinajstić information content (AvgIpc) is 3.43. The van der Waals surface area contributed by atoms with E-state index in [-0.39, 0.29) is 23.3 Å². The van der Waals surface area contributed by atoms with Gasteiger partial charge in [-0.2, -0.15) is 23.5 Å². The van der Waals surface area contributed by atoms with E-state index in [0.29, 0.717) is 16.5 Å². The Morgan fingerprint density at radius 3 is 2.62 bits per heavy atom. The summed E-state index contributed by atoms with van der Waals surface area (Å²) in [6.07, 6.45) is -2.20. The van der Waals surface area contributed by atoms with Crippen LogP contribution in [0, 0.1) is 22.7 Å². The van der Waals surface area contributed by atoms with Crippen molar-refractivity contribution >= 4 is 28.1 Å². The standard InChI is InChI=1S/C27H28F3N5OS/c1-26(2,3)16-9-10-17-18(14-31)25(37-21(17)11-16)33-24(36)20-13-23-32-19(15-7-5-4-6-8-15)12-22(27(28,29)30)35(23)34-20/h4-8,13,16,19,22,32H,9-12H2,1-3H3,(H,33,36)/t16-,19-,22+/m1/s1. The van der Waals surface area contributed by atoms with E-state index in [2.05, 4.69) is 42.6 Å². The largest absolute Gasteiger partial charge is 0.410 e. The number of halogens is 3. The second-order valence-corrected chi connectivity index (χ2v) is 11.9. The van der Waals surface area contributed by atoms with Gasteiger partial charge in [-0.25, -0.2) is 4.68 Å². The first-order chi connectivity index (χ1) is 17.5. The third kappa shape index (κ3) is 4.85. The number of fused-ring (bicyclic) bond motifs is 2. The third-order valence-corrected chi connectivity index (χ3v) is 8.62. The topological polar surface area (TPSA) is 82.7 Å². The monoisotopic (exact) mass is 527 g/mol. The quantitative estimate of drug-likeness (QED) is 0.389. The van der Waals surface area contributed by atoms with Crippen molar-refractivity contribution in [3.05, 3.63) is 63.7 Å².